The molecule has 1 unspecified atom stereocenters. The highest BCUT2D eigenvalue weighted by molar-refractivity contribution is 7.99. The summed E-state index contributed by atoms with van der Waals surface area (Å²) in [6, 6.07) is 18.0. The molecule has 0 saturated carbocycles. The van der Waals surface area contributed by atoms with E-state index in [0.29, 0.717) is 0 Å². The Bertz CT molecular complexity index is 455. The molecule has 0 saturated heterocycles. The van der Waals surface area contributed by atoms with Crippen LogP contribution in [0.3, 0.4) is 0 Å². The molecule has 2 rings (SSSR count). The average Bonchev–Trinajstić information content (AvgIpc) is 2.38. The highest BCUT2D eigenvalue weighted by atomic mass is 35.5. The smallest absolute Gasteiger partial charge is 0.132 e. The minimum atomic E-state index is -0.00494. The zero-order valence-corrected chi connectivity index (χ0v) is 11.0. The van der Waals surface area contributed by atoms with Gasteiger partial charge in [0.25, 0.3) is 0 Å². The zero-order valence-electron chi connectivity index (χ0n) is 9.47. The quantitative estimate of drug-likeness (QED) is 0.581. The predicted molar refractivity (Wildman–Crippen MR) is 73.5 cm³/mol. The summed E-state index contributed by atoms with van der Waals surface area (Å²) >= 11 is 7.55. The number of benzene rings is 2. The van der Waals surface area contributed by atoms with Gasteiger partial charge in [-0.05, 0) is 29.8 Å². The third-order valence-electron chi connectivity index (χ3n) is 2.34. The molecule has 0 aliphatic heterocycles. The van der Waals surface area contributed by atoms with Gasteiger partial charge in [0.2, 0.25) is 0 Å². The van der Waals surface area contributed by atoms with E-state index in [4.69, 9.17) is 16.3 Å². The summed E-state index contributed by atoms with van der Waals surface area (Å²) in [6.07, 6.45) is 0. The van der Waals surface area contributed by atoms with Gasteiger partial charge in [-0.3, -0.25) is 0 Å². The van der Waals surface area contributed by atoms with Gasteiger partial charge in [0, 0.05) is 17.0 Å². The van der Waals surface area contributed by atoms with Crippen molar-refractivity contribution in [3.8, 4) is 0 Å². The third kappa shape index (κ3) is 3.50. The van der Waals surface area contributed by atoms with Crippen LogP contribution in [0, 0.1) is 0 Å². The van der Waals surface area contributed by atoms with Crippen molar-refractivity contribution in [2.24, 2.45) is 0 Å². The molecule has 17 heavy (non-hydrogen) atoms. The van der Waals surface area contributed by atoms with Gasteiger partial charge >= 0.3 is 0 Å². The molecule has 1 atom stereocenters. The van der Waals surface area contributed by atoms with Crippen molar-refractivity contribution in [1.82, 2.24) is 0 Å². The molecule has 2 aromatic rings. The Morgan fingerprint density at radius 1 is 1.00 bits per heavy atom. The second-order valence-electron chi connectivity index (χ2n) is 3.55. The van der Waals surface area contributed by atoms with Gasteiger partial charge < -0.3 is 4.74 Å². The lowest BCUT2D eigenvalue weighted by Gasteiger charge is -2.15. The highest BCUT2D eigenvalue weighted by Gasteiger charge is 2.11. The standard InChI is InChI=1S/C14H13ClOS/c1-16-14(11-7-9-12(15)10-8-11)17-13-5-3-2-4-6-13/h2-10,14H,1H3. The predicted octanol–water partition coefficient (Wildman–Crippen LogP) is 4.78. The lowest BCUT2D eigenvalue weighted by Crippen LogP contribution is -1.96. The molecular weight excluding hydrogens is 252 g/mol. The fraction of sp³-hybridized carbons (Fsp3) is 0.143. The summed E-state index contributed by atoms with van der Waals surface area (Å²) in [6.45, 7) is 0. The number of rotatable bonds is 4. The van der Waals surface area contributed by atoms with Crippen molar-refractivity contribution in [3.63, 3.8) is 0 Å². The molecular formula is C14H13ClOS. The second kappa shape index (κ2) is 6.10. The molecule has 0 aliphatic carbocycles. The van der Waals surface area contributed by atoms with Gasteiger partial charge in [0.15, 0.2) is 0 Å². The van der Waals surface area contributed by atoms with Crippen molar-refractivity contribution < 1.29 is 4.74 Å². The van der Waals surface area contributed by atoms with Crippen LogP contribution < -0.4 is 0 Å². The van der Waals surface area contributed by atoms with Crippen molar-refractivity contribution in [2.45, 2.75) is 10.3 Å². The molecule has 1 nitrogen and oxygen atoms in total. The Kier molecular flexibility index (Phi) is 4.49. The monoisotopic (exact) mass is 264 g/mol. The summed E-state index contributed by atoms with van der Waals surface area (Å²) in [7, 11) is 1.72. The third-order valence-corrected chi connectivity index (χ3v) is 3.82. The van der Waals surface area contributed by atoms with Crippen molar-refractivity contribution in [3.05, 3.63) is 65.2 Å². The maximum Gasteiger partial charge on any atom is 0.132 e. The molecule has 0 heterocycles. The number of methoxy groups -OCH3 is 1. The van der Waals surface area contributed by atoms with Crippen LogP contribution in [0.25, 0.3) is 0 Å². The fourth-order valence-corrected chi connectivity index (χ4v) is 2.57. The molecule has 3 heteroatoms. The molecule has 0 fully saturated rings. The van der Waals surface area contributed by atoms with E-state index >= 15 is 0 Å². The van der Waals surface area contributed by atoms with E-state index in [1.807, 2.05) is 42.5 Å². The Hall–Kier alpha value is -0.960. The van der Waals surface area contributed by atoms with Crippen LogP contribution >= 0.6 is 23.4 Å². The number of thioether (sulfide) groups is 1. The summed E-state index contributed by atoms with van der Waals surface area (Å²) < 4.78 is 5.50. The van der Waals surface area contributed by atoms with E-state index < -0.39 is 0 Å². The van der Waals surface area contributed by atoms with Gasteiger partial charge in [0.05, 0.1) is 0 Å². The topological polar surface area (TPSA) is 9.23 Å². The first-order valence-electron chi connectivity index (χ1n) is 5.29. The number of hydrogen-bond donors (Lipinski definition) is 0. The van der Waals surface area contributed by atoms with Gasteiger partial charge in [-0.25, -0.2) is 0 Å². The zero-order chi connectivity index (χ0) is 12.1. The number of ether oxygens (including phenoxy) is 1. The van der Waals surface area contributed by atoms with Crippen molar-refractivity contribution >= 4 is 23.4 Å². The van der Waals surface area contributed by atoms with Crippen molar-refractivity contribution in [1.29, 1.82) is 0 Å². The van der Waals surface area contributed by atoms with Gasteiger partial charge in [-0.15, -0.1) is 0 Å². The first-order valence-corrected chi connectivity index (χ1v) is 6.55. The summed E-state index contributed by atoms with van der Waals surface area (Å²) in [4.78, 5) is 1.19. The first kappa shape index (κ1) is 12.5. The van der Waals surface area contributed by atoms with Crippen LogP contribution in [0.5, 0.6) is 0 Å². The molecule has 88 valence electrons. The van der Waals surface area contributed by atoms with Crippen LogP contribution in [0.1, 0.15) is 11.0 Å². The molecule has 0 spiro atoms. The Balaban J connectivity index is 2.14. The second-order valence-corrected chi connectivity index (χ2v) is 5.12. The van der Waals surface area contributed by atoms with E-state index in [9.17, 15) is 0 Å². The highest BCUT2D eigenvalue weighted by Crippen LogP contribution is 2.35. The lowest BCUT2D eigenvalue weighted by molar-refractivity contribution is 0.175. The average molecular weight is 265 g/mol. The van der Waals surface area contributed by atoms with Gasteiger partial charge in [0.1, 0.15) is 5.44 Å². The molecule has 0 aromatic heterocycles. The Morgan fingerprint density at radius 3 is 2.24 bits per heavy atom. The Morgan fingerprint density at radius 2 is 1.65 bits per heavy atom. The van der Waals surface area contributed by atoms with Gasteiger partial charge in [-0.2, -0.15) is 0 Å². The fourth-order valence-electron chi connectivity index (χ4n) is 1.49. The Labute approximate surface area is 111 Å². The minimum Gasteiger partial charge on any atom is -0.366 e. The van der Waals surface area contributed by atoms with Crippen LogP contribution in [0.2, 0.25) is 5.02 Å². The SMILES string of the molecule is COC(Sc1ccccc1)c1ccc(Cl)cc1. The van der Waals surface area contributed by atoms with Crippen LogP contribution in [0.15, 0.2) is 59.5 Å². The van der Waals surface area contributed by atoms with E-state index in [1.54, 1.807) is 18.9 Å². The molecule has 0 amide bonds. The van der Waals surface area contributed by atoms with E-state index in [1.165, 1.54) is 4.90 Å². The maximum atomic E-state index is 5.87. The van der Waals surface area contributed by atoms with Crippen LogP contribution in [-0.2, 0) is 4.74 Å². The summed E-state index contributed by atoms with van der Waals surface area (Å²) in [5, 5.41) is 0.744. The van der Waals surface area contributed by atoms with E-state index in [0.717, 1.165) is 10.6 Å². The number of hydrogen-bond acceptors (Lipinski definition) is 2. The first-order chi connectivity index (χ1) is 8.29. The van der Waals surface area contributed by atoms with Crippen LogP contribution in [-0.4, -0.2) is 7.11 Å². The minimum absolute atomic E-state index is 0.00494. The normalized spacial score (nSPS) is 12.4. The summed E-state index contributed by atoms with van der Waals surface area (Å²) in [5.41, 5.74) is 1.11. The van der Waals surface area contributed by atoms with Gasteiger partial charge in [-0.1, -0.05) is 53.7 Å². The number of halogens is 1. The lowest BCUT2D eigenvalue weighted by atomic mass is 10.2. The molecule has 2 aromatic carbocycles. The largest absolute Gasteiger partial charge is 0.366 e. The molecule has 0 N–H and O–H groups in total. The maximum absolute atomic E-state index is 5.87. The summed E-state index contributed by atoms with van der Waals surface area (Å²) in [5.74, 6) is 0. The van der Waals surface area contributed by atoms with Crippen molar-refractivity contribution in [2.75, 3.05) is 7.11 Å². The van der Waals surface area contributed by atoms with E-state index in [-0.39, 0.29) is 5.44 Å². The molecule has 0 aliphatic rings. The molecule has 0 bridgehead atoms. The van der Waals surface area contributed by atoms with E-state index in [2.05, 4.69) is 12.1 Å². The molecule has 0 radical (unpaired) electrons. The van der Waals surface area contributed by atoms with Crippen LogP contribution in [0.4, 0.5) is 0 Å².